The second-order valence-electron chi connectivity index (χ2n) is 4.95. The lowest BCUT2D eigenvalue weighted by Crippen LogP contribution is -2.19. The summed E-state index contributed by atoms with van der Waals surface area (Å²) in [6, 6.07) is 18.6. The highest BCUT2D eigenvalue weighted by molar-refractivity contribution is 5.89. The summed E-state index contributed by atoms with van der Waals surface area (Å²) in [6.45, 7) is 0.850. The molecule has 0 aromatic heterocycles. The van der Waals surface area contributed by atoms with Crippen LogP contribution in [-0.4, -0.2) is 30.4 Å². The predicted molar refractivity (Wildman–Crippen MR) is 83.4 cm³/mol. The van der Waals surface area contributed by atoms with E-state index < -0.39 is 6.10 Å². The van der Waals surface area contributed by atoms with E-state index in [0.717, 1.165) is 5.56 Å². The molecular weight excluding hydrogens is 280 g/mol. The molecule has 22 heavy (non-hydrogen) atoms. The third-order valence-corrected chi connectivity index (χ3v) is 3.12. The van der Waals surface area contributed by atoms with E-state index in [1.807, 2.05) is 36.4 Å². The SMILES string of the molecule is O=C(OCCC(O)COCc1ccccc1)c1ccccc1. The fraction of sp³-hybridized carbons (Fsp3) is 0.278. The molecule has 4 nitrogen and oxygen atoms in total. The van der Waals surface area contributed by atoms with Crippen LogP contribution in [-0.2, 0) is 16.1 Å². The first-order valence-corrected chi connectivity index (χ1v) is 7.27. The summed E-state index contributed by atoms with van der Waals surface area (Å²) >= 11 is 0. The molecule has 0 radical (unpaired) electrons. The highest BCUT2D eigenvalue weighted by Gasteiger charge is 2.09. The van der Waals surface area contributed by atoms with Gasteiger partial charge in [0, 0.05) is 6.42 Å². The van der Waals surface area contributed by atoms with Gasteiger partial charge in [-0.3, -0.25) is 0 Å². The van der Waals surface area contributed by atoms with Gasteiger partial charge in [0.05, 0.1) is 31.5 Å². The highest BCUT2D eigenvalue weighted by Crippen LogP contribution is 2.04. The van der Waals surface area contributed by atoms with E-state index in [4.69, 9.17) is 9.47 Å². The second-order valence-corrected chi connectivity index (χ2v) is 4.95. The number of hydrogen-bond donors (Lipinski definition) is 1. The van der Waals surface area contributed by atoms with Gasteiger partial charge in [0.2, 0.25) is 0 Å². The van der Waals surface area contributed by atoms with Gasteiger partial charge in [-0.2, -0.15) is 0 Å². The summed E-state index contributed by atoms with van der Waals surface area (Å²) in [6.07, 6.45) is -0.292. The van der Waals surface area contributed by atoms with Crippen molar-refractivity contribution in [3.05, 3.63) is 71.8 Å². The third kappa shape index (κ3) is 5.68. The van der Waals surface area contributed by atoms with E-state index in [1.165, 1.54) is 0 Å². The van der Waals surface area contributed by atoms with Gasteiger partial charge in [0.25, 0.3) is 0 Å². The van der Waals surface area contributed by atoms with Crippen LogP contribution in [0.4, 0.5) is 0 Å². The zero-order chi connectivity index (χ0) is 15.6. The van der Waals surface area contributed by atoms with Gasteiger partial charge in [-0.25, -0.2) is 4.79 Å². The predicted octanol–water partition coefficient (Wildman–Crippen LogP) is 2.81. The van der Waals surface area contributed by atoms with E-state index in [9.17, 15) is 9.90 Å². The van der Waals surface area contributed by atoms with Crippen LogP contribution >= 0.6 is 0 Å². The molecule has 1 N–H and O–H groups in total. The lowest BCUT2D eigenvalue weighted by atomic mass is 10.2. The van der Waals surface area contributed by atoms with Crippen LogP contribution in [0.3, 0.4) is 0 Å². The fourth-order valence-electron chi connectivity index (χ4n) is 1.92. The van der Waals surface area contributed by atoms with Crippen molar-refractivity contribution in [3.8, 4) is 0 Å². The number of hydrogen-bond acceptors (Lipinski definition) is 4. The zero-order valence-corrected chi connectivity index (χ0v) is 12.4. The topological polar surface area (TPSA) is 55.8 Å². The Morgan fingerprint density at radius 2 is 1.64 bits per heavy atom. The minimum absolute atomic E-state index is 0.170. The minimum Gasteiger partial charge on any atom is -0.462 e. The maximum Gasteiger partial charge on any atom is 0.338 e. The quantitative estimate of drug-likeness (QED) is 0.762. The Bertz CT molecular complexity index is 554. The van der Waals surface area contributed by atoms with Gasteiger partial charge < -0.3 is 14.6 Å². The molecule has 1 atom stereocenters. The molecule has 0 aliphatic carbocycles. The third-order valence-electron chi connectivity index (χ3n) is 3.12. The maximum atomic E-state index is 11.7. The first kappa shape index (κ1) is 16.2. The Labute approximate surface area is 130 Å². The van der Waals surface area contributed by atoms with Gasteiger partial charge in [0.15, 0.2) is 0 Å². The Kier molecular flexibility index (Phi) is 6.61. The summed E-state index contributed by atoms with van der Waals surface area (Å²) in [5.74, 6) is -0.377. The number of benzene rings is 2. The van der Waals surface area contributed by atoms with Gasteiger partial charge in [0.1, 0.15) is 0 Å². The number of carbonyl (C=O) groups is 1. The molecule has 2 rings (SSSR count). The molecule has 0 heterocycles. The Hall–Kier alpha value is -2.17. The van der Waals surface area contributed by atoms with Crippen LogP contribution in [0.1, 0.15) is 22.3 Å². The molecule has 0 saturated heterocycles. The molecule has 0 saturated carbocycles. The Morgan fingerprint density at radius 1 is 1.00 bits per heavy atom. The molecule has 0 spiro atoms. The van der Waals surface area contributed by atoms with Crippen molar-refractivity contribution in [1.29, 1.82) is 0 Å². The fourth-order valence-corrected chi connectivity index (χ4v) is 1.92. The molecule has 2 aromatic carbocycles. The van der Waals surface area contributed by atoms with Crippen molar-refractivity contribution in [1.82, 2.24) is 0 Å². The van der Waals surface area contributed by atoms with Crippen molar-refractivity contribution in [2.45, 2.75) is 19.1 Å². The maximum absolute atomic E-state index is 11.7. The summed E-state index contributed by atoms with van der Waals surface area (Å²) in [4.78, 5) is 11.7. The van der Waals surface area contributed by atoms with Crippen LogP contribution in [0, 0.1) is 0 Å². The van der Waals surface area contributed by atoms with Gasteiger partial charge in [-0.15, -0.1) is 0 Å². The van der Waals surface area contributed by atoms with E-state index >= 15 is 0 Å². The number of esters is 1. The highest BCUT2D eigenvalue weighted by atomic mass is 16.5. The number of carbonyl (C=O) groups excluding carboxylic acids is 1. The first-order chi connectivity index (χ1) is 10.8. The van der Waals surface area contributed by atoms with Gasteiger partial charge in [-0.05, 0) is 17.7 Å². The van der Waals surface area contributed by atoms with Crippen LogP contribution in [0.25, 0.3) is 0 Å². The van der Waals surface area contributed by atoms with E-state index in [1.54, 1.807) is 24.3 Å². The van der Waals surface area contributed by atoms with Crippen LogP contribution < -0.4 is 0 Å². The average Bonchev–Trinajstić information content (AvgIpc) is 2.56. The molecule has 0 amide bonds. The number of ether oxygens (including phenoxy) is 2. The molecule has 0 bridgehead atoms. The largest absolute Gasteiger partial charge is 0.462 e. The summed E-state index contributed by atoms with van der Waals surface area (Å²) < 4.78 is 10.5. The molecular formula is C18H20O4. The van der Waals surface area contributed by atoms with E-state index in [-0.39, 0.29) is 19.2 Å². The van der Waals surface area contributed by atoms with Gasteiger partial charge in [-0.1, -0.05) is 48.5 Å². The van der Waals surface area contributed by atoms with Crippen molar-refractivity contribution in [2.24, 2.45) is 0 Å². The summed E-state index contributed by atoms with van der Waals surface area (Å²) in [5, 5.41) is 9.79. The first-order valence-electron chi connectivity index (χ1n) is 7.27. The van der Waals surface area contributed by atoms with Crippen LogP contribution in [0.5, 0.6) is 0 Å². The number of rotatable bonds is 8. The van der Waals surface area contributed by atoms with E-state index in [2.05, 4.69) is 0 Å². The number of aliphatic hydroxyl groups excluding tert-OH is 1. The summed E-state index contributed by atoms with van der Waals surface area (Å²) in [5.41, 5.74) is 1.57. The van der Waals surface area contributed by atoms with E-state index in [0.29, 0.717) is 18.6 Å². The van der Waals surface area contributed by atoms with Crippen molar-refractivity contribution in [2.75, 3.05) is 13.2 Å². The molecule has 2 aromatic rings. The molecule has 0 aliphatic rings. The normalized spacial score (nSPS) is 11.9. The molecule has 0 fully saturated rings. The Morgan fingerprint density at radius 3 is 2.32 bits per heavy atom. The smallest absolute Gasteiger partial charge is 0.338 e. The summed E-state index contributed by atoms with van der Waals surface area (Å²) in [7, 11) is 0. The lowest BCUT2D eigenvalue weighted by Gasteiger charge is -2.11. The lowest BCUT2D eigenvalue weighted by molar-refractivity contribution is 0.00870. The van der Waals surface area contributed by atoms with Crippen LogP contribution in [0.2, 0.25) is 0 Å². The van der Waals surface area contributed by atoms with Crippen LogP contribution in [0.15, 0.2) is 60.7 Å². The zero-order valence-electron chi connectivity index (χ0n) is 12.4. The van der Waals surface area contributed by atoms with Gasteiger partial charge >= 0.3 is 5.97 Å². The second kappa shape index (κ2) is 8.97. The molecule has 0 aliphatic heterocycles. The van der Waals surface area contributed by atoms with Crippen molar-refractivity contribution < 1.29 is 19.4 Å². The average molecular weight is 300 g/mol. The molecule has 1 unspecified atom stereocenters. The van der Waals surface area contributed by atoms with Crippen molar-refractivity contribution in [3.63, 3.8) is 0 Å². The van der Waals surface area contributed by atoms with Crippen molar-refractivity contribution >= 4 is 5.97 Å². The molecule has 116 valence electrons. The standard InChI is InChI=1S/C18H20O4/c19-17(14-21-13-15-7-3-1-4-8-15)11-12-22-18(20)16-9-5-2-6-10-16/h1-10,17,19H,11-14H2. The monoisotopic (exact) mass is 300 g/mol. The Balaban J connectivity index is 1.60. The molecule has 4 heteroatoms. The minimum atomic E-state index is -0.646. The number of aliphatic hydroxyl groups is 1.